The molecule has 3 heteroatoms. The molecule has 2 nitrogen and oxygen atoms in total. The lowest BCUT2D eigenvalue weighted by Crippen LogP contribution is -2.43. The van der Waals surface area contributed by atoms with Crippen molar-refractivity contribution in [3.63, 3.8) is 0 Å². The van der Waals surface area contributed by atoms with Crippen LogP contribution in [0.25, 0.3) is 0 Å². The summed E-state index contributed by atoms with van der Waals surface area (Å²) in [4.78, 5) is 0. The second kappa shape index (κ2) is 7.75. The van der Waals surface area contributed by atoms with Crippen LogP contribution in [0.15, 0.2) is 28.7 Å². The molecule has 0 bridgehead atoms. The predicted octanol–water partition coefficient (Wildman–Crippen LogP) is 4.42. The zero-order chi connectivity index (χ0) is 15.4. The molecule has 1 aliphatic heterocycles. The summed E-state index contributed by atoms with van der Waals surface area (Å²) in [5.41, 5.74) is 1.39. The topological polar surface area (TPSA) is 21.3 Å². The third kappa shape index (κ3) is 4.30. The van der Waals surface area contributed by atoms with Crippen molar-refractivity contribution >= 4 is 15.9 Å². The molecule has 0 radical (unpaired) electrons. The molecule has 5 unspecified atom stereocenters. The first-order valence-corrected chi connectivity index (χ1v) is 8.95. The molecule has 0 amide bonds. The summed E-state index contributed by atoms with van der Waals surface area (Å²) in [5, 5.41) is 3.77. The van der Waals surface area contributed by atoms with Gasteiger partial charge in [-0.2, -0.15) is 0 Å². The van der Waals surface area contributed by atoms with E-state index in [0.717, 1.165) is 17.4 Å². The highest BCUT2D eigenvalue weighted by molar-refractivity contribution is 9.10. The molecule has 0 spiro atoms. The molecule has 0 aliphatic carbocycles. The fourth-order valence-electron chi connectivity index (χ4n) is 3.58. The Bertz CT molecular complexity index is 451. The third-order valence-corrected chi connectivity index (χ3v) is 5.28. The monoisotopic (exact) mass is 353 g/mol. The zero-order valence-electron chi connectivity index (χ0n) is 13.6. The fraction of sp³-hybridized carbons (Fsp3) is 0.667. The molecule has 1 heterocycles. The average Bonchev–Trinajstić information content (AvgIpc) is 2.68. The maximum Gasteiger partial charge on any atom is 0.0597 e. The van der Waals surface area contributed by atoms with Crippen LogP contribution < -0.4 is 5.32 Å². The van der Waals surface area contributed by atoms with Crippen LogP contribution in [0.2, 0.25) is 0 Å². The summed E-state index contributed by atoms with van der Waals surface area (Å²) in [7, 11) is 0. The predicted molar refractivity (Wildman–Crippen MR) is 92.6 cm³/mol. The van der Waals surface area contributed by atoms with Crippen LogP contribution in [0.3, 0.4) is 0 Å². The van der Waals surface area contributed by atoms with E-state index in [1.54, 1.807) is 0 Å². The lowest BCUT2D eigenvalue weighted by molar-refractivity contribution is 0.0476. The standard InChI is InChI=1S/C18H28BrNO/c1-5-9-20-17(11-15-7-6-8-16(19)10-15)18-12(2)13(3)21-14(18)4/h6-8,10,12-14,17-18,20H,5,9,11H2,1-4H3. The molecule has 2 rings (SSSR count). The van der Waals surface area contributed by atoms with Crippen molar-refractivity contribution in [2.45, 2.75) is 58.8 Å². The Balaban J connectivity index is 2.14. The normalized spacial score (nSPS) is 30.5. The van der Waals surface area contributed by atoms with Gasteiger partial charge in [-0.25, -0.2) is 0 Å². The van der Waals surface area contributed by atoms with E-state index in [1.165, 1.54) is 12.0 Å². The van der Waals surface area contributed by atoms with E-state index in [4.69, 9.17) is 4.74 Å². The van der Waals surface area contributed by atoms with Crippen molar-refractivity contribution in [3.8, 4) is 0 Å². The lowest BCUT2D eigenvalue weighted by Gasteiger charge is -2.30. The fourth-order valence-corrected chi connectivity index (χ4v) is 4.03. The molecule has 1 N–H and O–H groups in total. The minimum Gasteiger partial charge on any atom is -0.375 e. The summed E-state index contributed by atoms with van der Waals surface area (Å²) in [5.74, 6) is 1.17. The molecule has 1 aromatic carbocycles. The Labute approximate surface area is 137 Å². The Hall–Kier alpha value is -0.380. The Morgan fingerprint density at radius 1 is 1.24 bits per heavy atom. The van der Waals surface area contributed by atoms with Crippen LogP contribution in [-0.2, 0) is 11.2 Å². The van der Waals surface area contributed by atoms with Gasteiger partial charge < -0.3 is 10.1 Å². The quantitative estimate of drug-likeness (QED) is 0.817. The molecule has 5 atom stereocenters. The summed E-state index contributed by atoms with van der Waals surface area (Å²) < 4.78 is 7.22. The van der Waals surface area contributed by atoms with E-state index >= 15 is 0 Å². The maximum atomic E-state index is 6.06. The largest absolute Gasteiger partial charge is 0.375 e. The van der Waals surface area contributed by atoms with Gasteiger partial charge in [-0.3, -0.25) is 0 Å². The van der Waals surface area contributed by atoms with Crippen LogP contribution in [-0.4, -0.2) is 24.8 Å². The lowest BCUT2D eigenvalue weighted by atomic mass is 9.81. The number of halogens is 1. The first kappa shape index (κ1) is 17.0. The smallest absolute Gasteiger partial charge is 0.0597 e. The highest BCUT2D eigenvalue weighted by Crippen LogP contribution is 2.35. The highest BCUT2D eigenvalue weighted by Gasteiger charge is 2.41. The van der Waals surface area contributed by atoms with Gasteiger partial charge in [0.05, 0.1) is 12.2 Å². The van der Waals surface area contributed by atoms with E-state index in [2.05, 4.69) is 73.2 Å². The number of rotatable bonds is 6. The molecular weight excluding hydrogens is 326 g/mol. The van der Waals surface area contributed by atoms with E-state index in [9.17, 15) is 0 Å². The molecule has 21 heavy (non-hydrogen) atoms. The van der Waals surface area contributed by atoms with Gasteiger partial charge >= 0.3 is 0 Å². The maximum absolute atomic E-state index is 6.06. The van der Waals surface area contributed by atoms with Gasteiger partial charge in [0.25, 0.3) is 0 Å². The Kier molecular flexibility index (Phi) is 6.27. The van der Waals surface area contributed by atoms with E-state index < -0.39 is 0 Å². The number of ether oxygens (including phenoxy) is 1. The van der Waals surface area contributed by atoms with E-state index in [1.807, 2.05) is 0 Å². The number of hydrogen-bond donors (Lipinski definition) is 1. The van der Waals surface area contributed by atoms with Crippen molar-refractivity contribution < 1.29 is 4.74 Å². The van der Waals surface area contributed by atoms with Gasteiger partial charge in [-0.05, 0) is 56.8 Å². The molecule has 1 saturated heterocycles. The summed E-state index contributed by atoms with van der Waals surface area (Å²) in [6.07, 6.45) is 2.92. The van der Waals surface area contributed by atoms with Gasteiger partial charge in [-0.1, -0.05) is 41.9 Å². The number of hydrogen-bond acceptors (Lipinski definition) is 2. The van der Waals surface area contributed by atoms with Crippen LogP contribution in [0, 0.1) is 11.8 Å². The van der Waals surface area contributed by atoms with Gasteiger partial charge in [0.1, 0.15) is 0 Å². The second-order valence-corrected chi connectivity index (χ2v) is 7.29. The Morgan fingerprint density at radius 2 is 2.00 bits per heavy atom. The molecule has 1 aromatic rings. The second-order valence-electron chi connectivity index (χ2n) is 6.38. The molecule has 1 fully saturated rings. The van der Waals surface area contributed by atoms with Gasteiger partial charge in [-0.15, -0.1) is 0 Å². The molecule has 118 valence electrons. The van der Waals surface area contributed by atoms with Gasteiger partial charge in [0, 0.05) is 16.4 Å². The molecule has 0 saturated carbocycles. The summed E-state index contributed by atoms with van der Waals surface area (Å²) in [6.45, 7) is 10.1. The van der Waals surface area contributed by atoms with Crippen LogP contribution >= 0.6 is 15.9 Å². The number of benzene rings is 1. The molecule has 0 aromatic heterocycles. The first-order chi connectivity index (χ1) is 10.0. The zero-order valence-corrected chi connectivity index (χ0v) is 15.2. The van der Waals surface area contributed by atoms with Crippen molar-refractivity contribution in [3.05, 3.63) is 34.3 Å². The average molecular weight is 354 g/mol. The van der Waals surface area contributed by atoms with Crippen molar-refractivity contribution in [2.75, 3.05) is 6.54 Å². The minimum atomic E-state index is 0.330. The van der Waals surface area contributed by atoms with Crippen molar-refractivity contribution in [1.29, 1.82) is 0 Å². The molecular formula is C18H28BrNO. The third-order valence-electron chi connectivity index (χ3n) is 4.78. The van der Waals surface area contributed by atoms with Crippen molar-refractivity contribution in [1.82, 2.24) is 5.32 Å². The summed E-state index contributed by atoms with van der Waals surface area (Å²) >= 11 is 3.58. The summed E-state index contributed by atoms with van der Waals surface area (Å²) in [6, 6.07) is 9.14. The number of nitrogens with one attached hydrogen (secondary N) is 1. The Morgan fingerprint density at radius 3 is 2.57 bits per heavy atom. The van der Waals surface area contributed by atoms with Gasteiger partial charge in [0.15, 0.2) is 0 Å². The van der Waals surface area contributed by atoms with Crippen LogP contribution in [0.1, 0.15) is 39.7 Å². The van der Waals surface area contributed by atoms with Crippen LogP contribution in [0.5, 0.6) is 0 Å². The highest BCUT2D eigenvalue weighted by atomic mass is 79.9. The van der Waals surface area contributed by atoms with Crippen molar-refractivity contribution in [2.24, 2.45) is 11.8 Å². The first-order valence-electron chi connectivity index (χ1n) is 8.16. The van der Waals surface area contributed by atoms with Gasteiger partial charge in [0.2, 0.25) is 0 Å². The van der Waals surface area contributed by atoms with E-state index in [0.29, 0.717) is 30.1 Å². The SMILES string of the molecule is CCCNC(Cc1cccc(Br)c1)C1C(C)OC(C)C1C. The van der Waals surface area contributed by atoms with E-state index in [-0.39, 0.29) is 0 Å². The van der Waals surface area contributed by atoms with Crippen LogP contribution in [0.4, 0.5) is 0 Å². The molecule has 1 aliphatic rings. The minimum absolute atomic E-state index is 0.330.